The van der Waals surface area contributed by atoms with Crippen LogP contribution in [-0.2, 0) is 5.41 Å². The van der Waals surface area contributed by atoms with Crippen molar-refractivity contribution in [2.45, 2.75) is 5.41 Å². The fourth-order valence-electron chi connectivity index (χ4n) is 7.91. The summed E-state index contributed by atoms with van der Waals surface area (Å²) in [4.78, 5) is 0. The van der Waals surface area contributed by atoms with Crippen molar-refractivity contribution < 1.29 is 0 Å². The number of hydrogen-bond acceptors (Lipinski definition) is 0. The van der Waals surface area contributed by atoms with Gasteiger partial charge >= 0.3 is 0 Å². The Kier molecular flexibility index (Phi) is 7.53. The van der Waals surface area contributed by atoms with Crippen molar-refractivity contribution in [1.82, 2.24) is 0 Å². The Balaban J connectivity index is 1.32. The molecule has 1 aliphatic rings. The van der Waals surface area contributed by atoms with E-state index in [1.807, 2.05) is 12.1 Å². The maximum absolute atomic E-state index is 6.50. The summed E-state index contributed by atoms with van der Waals surface area (Å²) in [7, 11) is 0. The zero-order chi connectivity index (χ0) is 33.5. The van der Waals surface area contributed by atoms with Crippen LogP contribution in [-0.4, -0.2) is 0 Å². The molecule has 0 saturated carbocycles. The van der Waals surface area contributed by atoms with E-state index >= 15 is 0 Å². The van der Waals surface area contributed by atoms with Gasteiger partial charge in [-0.05, 0) is 120 Å². The van der Waals surface area contributed by atoms with Crippen LogP contribution in [0.25, 0.3) is 55.6 Å². The Morgan fingerprint density at radius 2 is 0.660 bits per heavy atom. The molecule has 1 aliphatic carbocycles. The molecule has 0 spiro atoms. The second-order valence-electron chi connectivity index (χ2n) is 13.0. The first kappa shape index (κ1) is 30.1. The largest absolute Gasteiger partial charge is 0.0843 e. The van der Waals surface area contributed by atoms with E-state index in [0.29, 0.717) is 0 Å². The van der Waals surface area contributed by atoms with Gasteiger partial charge in [0.15, 0.2) is 0 Å². The molecule has 0 nitrogen and oxygen atoms in total. The summed E-state index contributed by atoms with van der Waals surface area (Å²) < 4.78 is 0. The van der Waals surface area contributed by atoms with Crippen molar-refractivity contribution in [2.75, 3.05) is 0 Å². The molecule has 1 heteroatoms. The number of hydrogen-bond donors (Lipinski definition) is 0. The third kappa shape index (κ3) is 5.08. The minimum atomic E-state index is -0.473. The normalized spacial score (nSPS) is 12.7. The third-order valence-corrected chi connectivity index (χ3v) is 10.4. The molecule has 0 N–H and O–H groups in total. The SMILES string of the molecule is Clc1cccc(-c2ccc3c(c2)-c2cc(-c4cc(-c5ccccc5)cc(-c5ccccc5)c4)ccc2C3(c2ccccc2)c2ccccc2)c1. The average Bonchev–Trinajstić information content (AvgIpc) is 3.49. The lowest BCUT2D eigenvalue weighted by Gasteiger charge is -2.34. The van der Waals surface area contributed by atoms with Gasteiger partial charge in [0.05, 0.1) is 5.41 Å². The van der Waals surface area contributed by atoms with Crippen LogP contribution in [0, 0.1) is 0 Å². The summed E-state index contributed by atoms with van der Waals surface area (Å²) in [5.74, 6) is 0. The molecular weight excluding hydrogens is 624 g/mol. The van der Waals surface area contributed by atoms with Crippen LogP contribution in [0.5, 0.6) is 0 Å². The Bertz CT molecular complexity index is 2370. The van der Waals surface area contributed by atoms with Crippen LogP contribution < -0.4 is 0 Å². The van der Waals surface area contributed by atoms with E-state index in [9.17, 15) is 0 Å². The molecule has 0 saturated heterocycles. The van der Waals surface area contributed by atoms with Crippen LogP contribution in [0.1, 0.15) is 22.3 Å². The molecule has 0 bridgehead atoms. The van der Waals surface area contributed by atoms with E-state index in [2.05, 4.69) is 188 Å². The van der Waals surface area contributed by atoms with Crippen LogP contribution in [0.2, 0.25) is 5.02 Å². The lowest BCUT2D eigenvalue weighted by atomic mass is 9.67. The van der Waals surface area contributed by atoms with Gasteiger partial charge in [-0.3, -0.25) is 0 Å². The summed E-state index contributed by atoms with van der Waals surface area (Å²) in [6.07, 6.45) is 0. The van der Waals surface area contributed by atoms with Crippen LogP contribution >= 0.6 is 11.6 Å². The molecule has 0 heterocycles. The number of fused-ring (bicyclic) bond motifs is 3. The van der Waals surface area contributed by atoms with Crippen molar-refractivity contribution in [3.63, 3.8) is 0 Å². The molecule has 0 unspecified atom stereocenters. The van der Waals surface area contributed by atoms with Gasteiger partial charge in [0.25, 0.3) is 0 Å². The van der Waals surface area contributed by atoms with E-state index in [4.69, 9.17) is 11.6 Å². The zero-order valence-corrected chi connectivity index (χ0v) is 28.2. The van der Waals surface area contributed by atoms with E-state index in [1.165, 1.54) is 66.8 Å². The standard InChI is InChI=1S/C49H33Cl/c50-44-23-13-18-36(31-44)37-24-26-47-45(32-37)46-33-38(25-27-48(46)49(47,42-19-9-3-10-20-42)43-21-11-4-12-22-43)41-29-39(34-14-5-1-6-15-34)28-40(30-41)35-16-7-2-8-17-35/h1-33H. The van der Waals surface area contributed by atoms with Crippen LogP contribution in [0.4, 0.5) is 0 Å². The predicted molar refractivity (Wildman–Crippen MR) is 210 cm³/mol. The third-order valence-electron chi connectivity index (χ3n) is 10.2. The highest BCUT2D eigenvalue weighted by Crippen LogP contribution is 2.57. The van der Waals surface area contributed by atoms with Crippen molar-refractivity contribution >= 4 is 11.6 Å². The first-order chi connectivity index (χ1) is 24.7. The maximum Gasteiger partial charge on any atom is 0.0713 e. The fourth-order valence-corrected chi connectivity index (χ4v) is 8.10. The van der Waals surface area contributed by atoms with Gasteiger partial charge < -0.3 is 0 Å². The molecule has 0 fully saturated rings. The quantitative estimate of drug-likeness (QED) is 0.167. The summed E-state index contributed by atoms with van der Waals surface area (Å²) in [5.41, 5.74) is 16.6. The van der Waals surface area contributed by atoms with Crippen molar-refractivity contribution in [3.8, 4) is 55.6 Å². The Morgan fingerprint density at radius 3 is 1.12 bits per heavy atom. The summed E-state index contributed by atoms with van der Waals surface area (Å²) in [6, 6.07) is 72.6. The molecule has 0 aliphatic heterocycles. The van der Waals surface area contributed by atoms with E-state index < -0.39 is 5.41 Å². The van der Waals surface area contributed by atoms with E-state index in [-0.39, 0.29) is 0 Å². The van der Waals surface area contributed by atoms with Crippen molar-refractivity contribution in [2.24, 2.45) is 0 Å². The van der Waals surface area contributed by atoms with Gasteiger partial charge in [-0.2, -0.15) is 0 Å². The van der Waals surface area contributed by atoms with Gasteiger partial charge in [0, 0.05) is 5.02 Å². The molecule has 236 valence electrons. The monoisotopic (exact) mass is 656 g/mol. The van der Waals surface area contributed by atoms with Crippen molar-refractivity contribution in [3.05, 3.63) is 227 Å². The predicted octanol–water partition coefficient (Wildman–Crippen LogP) is 13.4. The smallest absolute Gasteiger partial charge is 0.0713 e. The Labute approximate surface area is 298 Å². The maximum atomic E-state index is 6.50. The van der Waals surface area contributed by atoms with Crippen LogP contribution in [0.3, 0.4) is 0 Å². The number of halogens is 1. The molecular formula is C49H33Cl. The molecule has 8 aromatic carbocycles. The Hall–Kier alpha value is -5.95. The Morgan fingerprint density at radius 1 is 0.280 bits per heavy atom. The zero-order valence-electron chi connectivity index (χ0n) is 27.4. The molecule has 9 rings (SSSR count). The van der Waals surface area contributed by atoms with Crippen molar-refractivity contribution in [1.29, 1.82) is 0 Å². The van der Waals surface area contributed by atoms with Gasteiger partial charge in [-0.25, -0.2) is 0 Å². The lowest BCUT2D eigenvalue weighted by Crippen LogP contribution is -2.28. The molecule has 8 aromatic rings. The highest BCUT2D eigenvalue weighted by molar-refractivity contribution is 6.30. The van der Waals surface area contributed by atoms with E-state index in [1.54, 1.807) is 0 Å². The second kappa shape index (κ2) is 12.5. The first-order valence-electron chi connectivity index (χ1n) is 17.1. The topological polar surface area (TPSA) is 0 Å². The average molecular weight is 657 g/mol. The summed E-state index contributed by atoms with van der Waals surface area (Å²) in [6.45, 7) is 0. The molecule has 0 aromatic heterocycles. The van der Waals surface area contributed by atoms with Gasteiger partial charge in [0.2, 0.25) is 0 Å². The van der Waals surface area contributed by atoms with Gasteiger partial charge in [-0.15, -0.1) is 0 Å². The molecule has 0 amide bonds. The number of rotatable bonds is 6. The molecule has 50 heavy (non-hydrogen) atoms. The van der Waals surface area contributed by atoms with Gasteiger partial charge in [0.1, 0.15) is 0 Å². The first-order valence-corrected chi connectivity index (χ1v) is 17.5. The molecule has 0 atom stereocenters. The summed E-state index contributed by atoms with van der Waals surface area (Å²) in [5, 5.41) is 0.737. The fraction of sp³-hybridized carbons (Fsp3) is 0.0204. The highest BCUT2D eigenvalue weighted by atomic mass is 35.5. The minimum Gasteiger partial charge on any atom is -0.0843 e. The van der Waals surface area contributed by atoms with Gasteiger partial charge in [-0.1, -0.05) is 169 Å². The second-order valence-corrected chi connectivity index (χ2v) is 13.5. The molecule has 0 radical (unpaired) electrons. The minimum absolute atomic E-state index is 0.473. The van der Waals surface area contributed by atoms with Crippen LogP contribution in [0.15, 0.2) is 200 Å². The highest BCUT2D eigenvalue weighted by Gasteiger charge is 2.46. The summed E-state index contributed by atoms with van der Waals surface area (Å²) >= 11 is 6.50. The number of benzene rings is 8. The lowest BCUT2D eigenvalue weighted by molar-refractivity contribution is 0.768. The van der Waals surface area contributed by atoms with E-state index in [0.717, 1.165) is 16.1 Å².